The lowest BCUT2D eigenvalue weighted by atomic mass is 9.87. The number of nitrogens with zero attached hydrogens (tertiary/aromatic N) is 1. The van der Waals surface area contributed by atoms with Crippen LogP contribution in [0, 0.1) is 13.8 Å². The van der Waals surface area contributed by atoms with Crippen molar-refractivity contribution >= 4 is 21.6 Å². The van der Waals surface area contributed by atoms with E-state index < -0.39 is 15.6 Å². The molecule has 29 heavy (non-hydrogen) atoms. The van der Waals surface area contributed by atoms with Crippen LogP contribution < -0.4 is 4.72 Å². The molecule has 0 amide bonds. The number of nitrogens with one attached hydrogen (secondary N) is 1. The lowest BCUT2D eigenvalue weighted by Gasteiger charge is -2.42. The molecule has 0 bridgehead atoms. The van der Waals surface area contributed by atoms with Gasteiger partial charge in [-0.25, -0.2) is 8.42 Å². The fraction of sp³-hybridized carbons (Fsp3) is 0.227. The van der Waals surface area contributed by atoms with Gasteiger partial charge in [-0.05, 0) is 65.9 Å². The van der Waals surface area contributed by atoms with E-state index in [9.17, 15) is 8.42 Å². The molecule has 7 heteroatoms. The van der Waals surface area contributed by atoms with Gasteiger partial charge in [-0.2, -0.15) is 4.72 Å². The summed E-state index contributed by atoms with van der Waals surface area (Å²) in [7, 11) is -3.79. The second kappa shape index (κ2) is 7.54. The van der Waals surface area contributed by atoms with Gasteiger partial charge in [-0.1, -0.05) is 35.9 Å². The first kappa shape index (κ1) is 20.0. The van der Waals surface area contributed by atoms with Crippen molar-refractivity contribution in [2.24, 2.45) is 0 Å². The van der Waals surface area contributed by atoms with Crippen molar-refractivity contribution in [1.82, 2.24) is 9.71 Å². The molecule has 5 nitrogen and oxygen atoms in total. The van der Waals surface area contributed by atoms with E-state index in [1.165, 1.54) is 0 Å². The topological polar surface area (TPSA) is 68.3 Å². The molecule has 1 aliphatic heterocycles. The van der Waals surface area contributed by atoms with Gasteiger partial charge in [-0.15, -0.1) is 0 Å². The quantitative estimate of drug-likeness (QED) is 0.660. The van der Waals surface area contributed by atoms with Crippen molar-refractivity contribution in [1.29, 1.82) is 0 Å². The first-order chi connectivity index (χ1) is 13.8. The summed E-state index contributed by atoms with van der Waals surface area (Å²) in [6.07, 6.45) is 3.57. The molecule has 0 radical (unpaired) electrons. The molecule has 1 N–H and O–H groups in total. The van der Waals surface area contributed by atoms with Gasteiger partial charge < -0.3 is 4.74 Å². The maximum absolute atomic E-state index is 13.2. The molecule has 0 aliphatic carbocycles. The van der Waals surface area contributed by atoms with Crippen LogP contribution in [0.5, 0.6) is 0 Å². The summed E-state index contributed by atoms with van der Waals surface area (Å²) in [4.78, 5) is 4.32. The number of pyridine rings is 1. The minimum atomic E-state index is -3.79. The number of aromatic nitrogens is 1. The molecule has 2 aromatic carbocycles. The monoisotopic (exact) mass is 428 g/mol. The SMILES string of the molecule is Cc1cnccc1-c1cccc(C2(NS(=O)(=O)c3cccc(Cl)c3C)COC2)c1. The van der Waals surface area contributed by atoms with Crippen molar-refractivity contribution < 1.29 is 13.2 Å². The summed E-state index contributed by atoms with van der Waals surface area (Å²) in [5, 5.41) is 0.418. The third kappa shape index (κ3) is 3.69. The smallest absolute Gasteiger partial charge is 0.241 e. The van der Waals surface area contributed by atoms with Gasteiger partial charge >= 0.3 is 0 Å². The Labute approximate surface area is 175 Å². The third-order valence-corrected chi connectivity index (χ3v) is 7.37. The second-order valence-electron chi connectivity index (χ2n) is 7.31. The number of aryl methyl sites for hydroxylation is 1. The van der Waals surface area contributed by atoms with Crippen LogP contribution in [0.1, 0.15) is 16.7 Å². The highest BCUT2D eigenvalue weighted by atomic mass is 35.5. The average molecular weight is 429 g/mol. The van der Waals surface area contributed by atoms with Gasteiger partial charge in [0.15, 0.2) is 0 Å². The summed E-state index contributed by atoms with van der Waals surface area (Å²) in [5.74, 6) is 0. The Balaban J connectivity index is 1.73. The highest BCUT2D eigenvalue weighted by Crippen LogP contribution is 2.35. The Hall–Kier alpha value is -2.25. The van der Waals surface area contributed by atoms with Crippen molar-refractivity contribution in [2.75, 3.05) is 13.2 Å². The number of hydrogen-bond donors (Lipinski definition) is 1. The van der Waals surface area contributed by atoms with E-state index in [1.54, 1.807) is 31.3 Å². The number of ether oxygens (including phenoxy) is 1. The molecule has 4 rings (SSSR count). The summed E-state index contributed by atoms with van der Waals surface area (Å²) >= 11 is 6.14. The predicted octanol–water partition coefficient (Wildman–Crippen LogP) is 4.22. The summed E-state index contributed by atoms with van der Waals surface area (Å²) in [6.45, 7) is 4.24. The van der Waals surface area contributed by atoms with Crippen molar-refractivity contribution in [3.8, 4) is 11.1 Å². The molecule has 3 aromatic rings. The summed E-state index contributed by atoms with van der Waals surface area (Å²) < 4.78 is 34.6. The van der Waals surface area contributed by atoms with E-state index in [1.807, 2.05) is 43.5 Å². The van der Waals surface area contributed by atoms with Crippen LogP contribution >= 0.6 is 11.6 Å². The molecule has 2 heterocycles. The highest BCUT2D eigenvalue weighted by Gasteiger charge is 2.44. The number of halogens is 1. The van der Waals surface area contributed by atoms with E-state index in [0.717, 1.165) is 22.3 Å². The average Bonchev–Trinajstić information content (AvgIpc) is 2.67. The highest BCUT2D eigenvalue weighted by molar-refractivity contribution is 7.89. The Morgan fingerprint density at radius 2 is 1.86 bits per heavy atom. The first-order valence-corrected chi connectivity index (χ1v) is 11.1. The molecule has 0 unspecified atom stereocenters. The molecule has 1 fully saturated rings. The molecule has 150 valence electrons. The normalized spacial score (nSPS) is 15.7. The van der Waals surface area contributed by atoms with Crippen molar-refractivity contribution in [2.45, 2.75) is 24.3 Å². The van der Waals surface area contributed by atoms with Gasteiger partial charge in [0, 0.05) is 17.4 Å². The molecule has 1 saturated heterocycles. The summed E-state index contributed by atoms with van der Waals surface area (Å²) in [5.41, 5.74) is 3.69. The van der Waals surface area contributed by atoms with Gasteiger partial charge in [0.25, 0.3) is 0 Å². The van der Waals surface area contributed by atoms with Crippen LogP contribution in [0.2, 0.25) is 5.02 Å². The van der Waals surface area contributed by atoms with E-state index in [-0.39, 0.29) is 18.1 Å². The van der Waals surface area contributed by atoms with Crippen LogP contribution in [0.25, 0.3) is 11.1 Å². The van der Waals surface area contributed by atoms with Gasteiger partial charge in [-0.3, -0.25) is 4.98 Å². The van der Waals surface area contributed by atoms with Gasteiger partial charge in [0.1, 0.15) is 5.54 Å². The fourth-order valence-corrected chi connectivity index (χ4v) is 5.42. The van der Waals surface area contributed by atoms with Crippen LogP contribution in [0.3, 0.4) is 0 Å². The van der Waals surface area contributed by atoms with Crippen molar-refractivity contribution in [3.05, 3.63) is 82.6 Å². The largest absolute Gasteiger partial charge is 0.377 e. The minimum Gasteiger partial charge on any atom is -0.377 e. The minimum absolute atomic E-state index is 0.178. The Morgan fingerprint density at radius 3 is 2.55 bits per heavy atom. The Kier molecular flexibility index (Phi) is 5.21. The van der Waals surface area contributed by atoms with Crippen LogP contribution in [0.15, 0.2) is 65.8 Å². The van der Waals surface area contributed by atoms with Crippen LogP contribution in [-0.2, 0) is 20.3 Å². The molecule has 0 atom stereocenters. The summed E-state index contributed by atoms with van der Waals surface area (Å²) in [6, 6.07) is 14.7. The molecule has 0 spiro atoms. The van der Waals surface area contributed by atoms with Gasteiger partial charge in [0.05, 0.1) is 18.1 Å². The number of benzene rings is 2. The maximum Gasteiger partial charge on any atom is 0.241 e. The third-order valence-electron chi connectivity index (χ3n) is 5.28. The van der Waals surface area contributed by atoms with E-state index in [0.29, 0.717) is 10.6 Å². The molecule has 1 aromatic heterocycles. The Morgan fingerprint density at radius 1 is 1.10 bits per heavy atom. The first-order valence-electron chi connectivity index (χ1n) is 9.21. The number of hydrogen-bond acceptors (Lipinski definition) is 4. The molecule has 1 aliphatic rings. The maximum atomic E-state index is 13.2. The molecular weight excluding hydrogens is 408 g/mol. The molecule has 0 saturated carbocycles. The predicted molar refractivity (Wildman–Crippen MR) is 113 cm³/mol. The Bertz CT molecular complexity index is 1170. The fourth-order valence-electron chi connectivity index (χ4n) is 3.56. The number of rotatable bonds is 5. The van der Waals surface area contributed by atoms with Crippen molar-refractivity contribution in [3.63, 3.8) is 0 Å². The van der Waals surface area contributed by atoms with Crippen LogP contribution in [0.4, 0.5) is 0 Å². The zero-order valence-electron chi connectivity index (χ0n) is 16.1. The zero-order chi connectivity index (χ0) is 20.6. The standard InChI is InChI=1S/C22H21ClN2O3S/c1-15-12-24-10-9-19(15)17-5-3-6-18(11-17)22(13-28-14-22)25-29(26,27)21-8-4-7-20(23)16(21)2/h3-12,25H,13-14H2,1-2H3. The lowest BCUT2D eigenvalue weighted by molar-refractivity contribution is -0.0664. The van der Waals surface area contributed by atoms with E-state index in [2.05, 4.69) is 9.71 Å². The van der Waals surface area contributed by atoms with Gasteiger partial charge in [0.2, 0.25) is 10.0 Å². The second-order valence-corrected chi connectivity index (χ2v) is 9.37. The van der Waals surface area contributed by atoms with E-state index in [4.69, 9.17) is 16.3 Å². The lowest BCUT2D eigenvalue weighted by Crippen LogP contribution is -2.59. The van der Waals surface area contributed by atoms with E-state index >= 15 is 0 Å². The number of sulfonamides is 1. The van der Waals surface area contributed by atoms with Crippen LogP contribution in [-0.4, -0.2) is 26.6 Å². The zero-order valence-corrected chi connectivity index (χ0v) is 17.7. The molecular formula is C22H21ClN2O3S.